The Kier molecular flexibility index (Phi) is 6.48. The van der Waals surface area contributed by atoms with Crippen molar-refractivity contribution in [1.29, 1.82) is 0 Å². The third-order valence-corrected chi connectivity index (χ3v) is 5.53. The fraction of sp³-hybridized carbons (Fsp3) is 0.647. The molecule has 1 aromatic carbocycles. The van der Waals surface area contributed by atoms with Gasteiger partial charge in [0.15, 0.2) is 0 Å². The molecular formula is C17H30BrNSi. The van der Waals surface area contributed by atoms with Gasteiger partial charge in [-0.3, -0.25) is 0 Å². The summed E-state index contributed by atoms with van der Waals surface area (Å²) in [5.41, 5.74) is 1.65. The molecule has 1 aromatic rings. The van der Waals surface area contributed by atoms with Crippen molar-refractivity contribution in [1.82, 2.24) is 5.32 Å². The van der Waals surface area contributed by atoms with Crippen molar-refractivity contribution >= 4 is 24.0 Å². The van der Waals surface area contributed by atoms with Gasteiger partial charge in [-0.2, -0.15) is 0 Å². The Morgan fingerprint density at radius 1 is 1.20 bits per heavy atom. The van der Waals surface area contributed by atoms with Gasteiger partial charge in [-0.1, -0.05) is 53.7 Å². The van der Waals surface area contributed by atoms with E-state index in [9.17, 15) is 0 Å². The van der Waals surface area contributed by atoms with E-state index in [1.54, 1.807) is 0 Å². The van der Waals surface area contributed by atoms with E-state index in [4.69, 9.17) is 0 Å². The van der Waals surface area contributed by atoms with Crippen LogP contribution in [0.1, 0.15) is 26.3 Å². The smallest absolute Gasteiger partial charge is 0.0446 e. The average molecular weight is 356 g/mol. The molecule has 0 aliphatic heterocycles. The normalized spacial score (nSPS) is 14.3. The van der Waals surface area contributed by atoms with Gasteiger partial charge in [-0.15, -0.1) is 0 Å². The average Bonchev–Trinajstić information content (AvgIpc) is 2.23. The second-order valence-corrected chi connectivity index (χ2v) is 14.5. The molecule has 0 amide bonds. The van der Waals surface area contributed by atoms with Gasteiger partial charge < -0.3 is 5.32 Å². The lowest BCUT2D eigenvalue weighted by Gasteiger charge is -2.29. The molecule has 1 unspecified atom stereocenters. The van der Waals surface area contributed by atoms with Crippen molar-refractivity contribution < 1.29 is 0 Å². The summed E-state index contributed by atoms with van der Waals surface area (Å²) >= 11 is 3.58. The molecule has 20 heavy (non-hydrogen) atoms. The van der Waals surface area contributed by atoms with Crippen molar-refractivity contribution in [2.45, 2.75) is 58.4 Å². The van der Waals surface area contributed by atoms with E-state index in [2.05, 4.69) is 85.9 Å². The number of rotatable bonds is 6. The first-order valence-corrected chi connectivity index (χ1v) is 12.0. The summed E-state index contributed by atoms with van der Waals surface area (Å²) in [5.74, 6) is 0.732. The van der Waals surface area contributed by atoms with E-state index in [1.165, 1.54) is 22.5 Å². The highest BCUT2D eigenvalue weighted by molar-refractivity contribution is 9.10. The zero-order valence-corrected chi connectivity index (χ0v) is 16.5. The standard InChI is InChI=1S/C17H30BrNSi/c1-17(2,3)19-12-15(13-20(4,5)6)10-14-8-7-9-16(18)11-14/h7-9,11,15,19H,10,12-13H2,1-6H3. The Balaban J connectivity index is 2.71. The van der Waals surface area contributed by atoms with Crippen LogP contribution in [0, 0.1) is 5.92 Å². The SMILES string of the molecule is CC(C)(C)NCC(Cc1cccc(Br)c1)C[Si](C)(C)C. The summed E-state index contributed by atoms with van der Waals surface area (Å²) in [6.07, 6.45) is 1.17. The lowest BCUT2D eigenvalue weighted by Crippen LogP contribution is -2.41. The molecule has 0 spiro atoms. The van der Waals surface area contributed by atoms with Crippen LogP contribution in [0.5, 0.6) is 0 Å². The van der Waals surface area contributed by atoms with Gasteiger partial charge >= 0.3 is 0 Å². The molecule has 1 rings (SSSR count). The fourth-order valence-corrected chi connectivity index (χ4v) is 5.00. The Morgan fingerprint density at radius 2 is 1.85 bits per heavy atom. The first-order valence-electron chi connectivity index (χ1n) is 7.55. The van der Waals surface area contributed by atoms with E-state index in [1.807, 2.05) is 0 Å². The molecule has 0 bridgehead atoms. The Hall–Kier alpha value is -0.123. The minimum Gasteiger partial charge on any atom is -0.312 e. The van der Waals surface area contributed by atoms with Crippen LogP contribution < -0.4 is 5.32 Å². The molecule has 1 N–H and O–H groups in total. The summed E-state index contributed by atoms with van der Waals surface area (Å²) < 4.78 is 1.19. The topological polar surface area (TPSA) is 12.0 Å². The maximum Gasteiger partial charge on any atom is 0.0446 e. The van der Waals surface area contributed by atoms with E-state index in [-0.39, 0.29) is 5.54 Å². The second kappa shape index (κ2) is 7.23. The number of benzene rings is 1. The maximum atomic E-state index is 3.69. The first kappa shape index (κ1) is 17.9. The van der Waals surface area contributed by atoms with E-state index >= 15 is 0 Å². The van der Waals surface area contributed by atoms with E-state index in [0.717, 1.165) is 12.5 Å². The number of nitrogens with one attached hydrogen (secondary N) is 1. The molecule has 0 aromatic heterocycles. The molecule has 1 nitrogen and oxygen atoms in total. The fourth-order valence-electron chi connectivity index (χ4n) is 2.53. The lowest BCUT2D eigenvalue weighted by molar-refractivity contribution is 0.380. The van der Waals surface area contributed by atoms with Crippen LogP contribution in [-0.4, -0.2) is 20.2 Å². The van der Waals surface area contributed by atoms with Gasteiger partial charge in [0.1, 0.15) is 0 Å². The lowest BCUT2D eigenvalue weighted by atomic mass is 9.99. The van der Waals surface area contributed by atoms with Gasteiger partial charge in [0.2, 0.25) is 0 Å². The Bertz CT molecular complexity index is 418. The molecule has 114 valence electrons. The van der Waals surface area contributed by atoms with Crippen LogP contribution in [0.3, 0.4) is 0 Å². The zero-order chi connectivity index (χ0) is 15.4. The molecular weight excluding hydrogens is 326 g/mol. The molecule has 0 heterocycles. The highest BCUT2D eigenvalue weighted by Crippen LogP contribution is 2.22. The van der Waals surface area contributed by atoms with Crippen LogP contribution in [0.25, 0.3) is 0 Å². The number of halogens is 1. The molecule has 1 atom stereocenters. The first-order chi connectivity index (χ1) is 9.05. The summed E-state index contributed by atoms with van der Waals surface area (Å²) in [7, 11) is -1.04. The predicted octanol–water partition coefficient (Wildman–Crippen LogP) is 5.33. The van der Waals surface area contributed by atoms with Crippen LogP contribution >= 0.6 is 15.9 Å². The second-order valence-electron chi connectivity index (χ2n) is 8.10. The Labute approximate surface area is 134 Å². The van der Waals surface area contributed by atoms with Crippen LogP contribution in [0.4, 0.5) is 0 Å². The number of hydrogen-bond donors (Lipinski definition) is 1. The highest BCUT2D eigenvalue weighted by Gasteiger charge is 2.22. The molecule has 0 saturated heterocycles. The minimum atomic E-state index is -1.04. The van der Waals surface area contributed by atoms with Crippen molar-refractivity contribution in [3.63, 3.8) is 0 Å². The third-order valence-electron chi connectivity index (χ3n) is 3.24. The monoisotopic (exact) mass is 355 g/mol. The molecule has 0 aliphatic carbocycles. The minimum absolute atomic E-state index is 0.203. The molecule has 3 heteroatoms. The summed E-state index contributed by atoms with van der Waals surface area (Å²) in [6.45, 7) is 15.3. The van der Waals surface area contributed by atoms with Gasteiger partial charge in [0.05, 0.1) is 0 Å². The van der Waals surface area contributed by atoms with Crippen molar-refractivity contribution in [3.8, 4) is 0 Å². The van der Waals surface area contributed by atoms with Gasteiger partial charge in [0, 0.05) is 18.1 Å². The van der Waals surface area contributed by atoms with Gasteiger partial charge in [0.25, 0.3) is 0 Å². The summed E-state index contributed by atoms with van der Waals surface area (Å²) in [6, 6.07) is 10.1. The Morgan fingerprint density at radius 3 is 2.35 bits per heavy atom. The quantitative estimate of drug-likeness (QED) is 0.679. The third kappa shape index (κ3) is 8.23. The largest absolute Gasteiger partial charge is 0.312 e. The number of hydrogen-bond acceptors (Lipinski definition) is 1. The van der Waals surface area contributed by atoms with E-state index < -0.39 is 8.07 Å². The van der Waals surface area contributed by atoms with Crippen LogP contribution in [-0.2, 0) is 6.42 Å². The van der Waals surface area contributed by atoms with Crippen LogP contribution in [0.15, 0.2) is 28.7 Å². The predicted molar refractivity (Wildman–Crippen MR) is 97.2 cm³/mol. The van der Waals surface area contributed by atoms with Gasteiger partial charge in [-0.05, 0) is 57.4 Å². The summed E-state index contributed by atoms with van der Waals surface area (Å²) in [5, 5.41) is 3.69. The van der Waals surface area contributed by atoms with Crippen LogP contribution in [0.2, 0.25) is 25.7 Å². The highest BCUT2D eigenvalue weighted by atomic mass is 79.9. The van der Waals surface area contributed by atoms with E-state index in [0.29, 0.717) is 0 Å². The maximum absolute atomic E-state index is 3.69. The van der Waals surface area contributed by atoms with Crippen molar-refractivity contribution in [3.05, 3.63) is 34.3 Å². The molecule has 0 saturated carbocycles. The molecule has 0 aliphatic rings. The van der Waals surface area contributed by atoms with Gasteiger partial charge in [-0.25, -0.2) is 0 Å². The van der Waals surface area contributed by atoms with Crippen molar-refractivity contribution in [2.24, 2.45) is 5.92 Å². The van der Waals surface area contributed by atoms with Crippen molar-refractivity contribution in [2.75, 3.05) is 6.54 Å². The molecule has 0 fully saturated rings. The molecule has 0 radical (unpaired) electrons. The zero-order valence-electron chi connectivity index (χ0n) is 13.9. The summed E-state index contributed by atoms with van der Waals surface area (Å²) in [4.78, 5) is 0.